The maximum Gasteiger partial charge on any atom is 0.0716 e. The van der Waals surface area contributed by atoms with Crippen LogP contribution in [0.5, 0.6) is 0 Å². The van der Waals surface area contributed by atoms with E-state index in [-0.39, 0.29) is 0 Å². The van der Waals surface area contributed by atoms with E-state index in [1.807, 2.05) is 6.20 Å². The van der Waals surface area contributed by atoms with E-state index in [0.717, 1.165) is 25.7 Å². The Balaban J connectivity index is 1.32. The average Bonchev–Trinajstić information content (AvgIpc) is 3.47. The summed E-state index contributed by atoms with van der Waals surface area (Å²) in [5, 5.41) is 0. The molecule has 5 aromatic rings. The smallest absolute Gasteiger partial charge is 0.0716 e. The molecule has 35 heavy (non-hydrogen) atoms. The van der Waals surface area contributed by atoms with Crippen molar-refractivity contribution in [2.24, 2.45) is 0 Å². The summed E-state index contributed by atoms with van der Waals surface area (Å²) in [6, 6.07) is 29.5. The van der Waals surface area contributed by atoms with Crippen LogP contribution in [-0.4, -0.2) is 4.98 Å². The summed E-state index contributed by atoms with van der Waals surface area (Å²) in [6.07, 6.45) is 5.97. The fourth-order valence-corrected chi connectivity index (χ4v) is 7.17. The van der Waals surface area contributed by atoms with Gasteiger partial charge in [0.2, 0.25) is 0 Å². The molecule has 0 N–H and O–H groups in total. The Kier molecular flexibility index (Phi) is 3.27. The van der Waals surface area contributed by atoms with Crippen molar-refractivity contribution in [1.82, 2.24) is 4.98 Å². The Bertz CT molecular complexity index is 1760. The van der Waals surface area contributed by atoms with Crippen LogP contribution in [0, 0.1) is 0 Å². The molecule has 2 heteroatoms. The molecule has 164 valence electrons. The molecule has 0 unspecified atom stereocenters. The lowest BCUT2D eigenvalue weighted by atomic mass is 9.84. The van der Waals surface area contributed by atoms with Gasteiger partial charge in [-0.25, -0.2) is 0 Å². The highest BCUT2D eigenvalue weighted by Gasteiger charge is 2.37. The molecule has 3 heterocycles. The molecular formula is C33H22N2. The first-order chi connectivity index (χ1) is 17.3. The molecule has 0 amide bonds. The van der Waals surface area contributed by atoms with Crippen LogP contribution in [-0.2, 0) is 25.7 Å². The van der Waals surface area contributed by atoms with Gasteiger partial charge in [-0.15, -0.1) is 0 Å². The third-order valence-electron chi connectivity index (χ3n) is 8.62. The van der Waals surface area contributed by atoms with E-state index < -0.39 is 0 Å². The first-order valence-corrected chi connectivity index (χ1v) is 12.6. The lowest BCUT2D eigenvalue weighted by molar-refractivity contribution is 0.953. The number of rotatable bonds is 0. The van der Waals surface area contributed by atoms with Gasteiger partial charge in [0.15, 0.2) is 0 Å². The molecule has 0 saturated carbocycles. The molecule has 4 aromatic carbocycles. The van der Waals surface area contributed by atoms with E-state index in [1.165, 1.54) is 84.0 Å². The lowest BCUT2D eigenvalue weighted by Crippen LogP contribution is -2.26. The van der Waals surface area contributed by atoms with Crippen LogP contribution < -0.4 is 4.90 Å². The minimum absolute atomic E-state index is 0.901. The number of nitrogens with zero attached hydrogens (tertiary/aromatic N) is 2. The van der Waals surface area contributed by atoms with Crippen LogP contribution in [0.25, 0.3) is 22.3 Å². The van der Waals surface area contributed by atoms with E-state index >= 15 is 0 Å². The molecule has 0 radical (unpaired) electrons. The van der Waals surface area contributed by atoms with Crippen LogP contribution in [0.2, 0.25) is 0 Å². The zero-order valence-electron chi connectivity index (χ0n) is 19.3. The molecular weight excluding hydrogens is 424 g/mol. The van der Waals surface area contributed by atoms with Crippen molar-refractivity contribution >= 4 is 17.1 Å². The van der Waals surface area contributed by atoms with Gasteiger partial charge in [-0.2, -0.15) is 0 Å². The molecule has 2 aliphatic heterocycles. The Morgan fingerprint density at radius 3 is 2.17 bits per heavy atom. The van der Waals surface area contributed by atoms with E-state index in [2.05, 4.69) is 83.8 Å². The number of pyridine rings is 1. The summed E-state index contributed by atoms with van der Waals surface area (Å²) < 4.78 is 0. The Morgan fingerprint density at radius 2 is 1.26 bits per heavy atom. The van der Waals surface area contributed by atoms with E-state index in [1.54, 1.807) is 0 Å². The topological polar surface area (TPSA) is 16.1 Å². The number of benzene rings is 4. The Labute approximate surface area is 204 Å². The standard InChI is InChI=1S/C33H22N2/c1-3-7-23-20(6-1)16-26-25(23)10-12-30-27(26)17-22-13-14-34-29-18-28-31(35(30)33(22)29)11-9-21-15-19-5-2-4-8-24(19)32(21)28/h1-14H,15-18H2. The normalized spacial score (nSPS) is 14.9. The third kappa shape index (κ3) is 2.23. The van der Waals surface area contributed by atoms with Crippen molar-refractivity contribution in [2.75, 3.05) is 4.90 Å². The van der Waals surface area contributed by atoms with Crippen molar-refractivity contribution in [2.45, 2.75) is 25.7 Å². The van der Waals surface area contributed by atoms with Gasteiger partial charge < -0.3 is 4.90 Å². The fourth-order valence-electron chi connectivity index (χ4n) is 7.17. The molecule has 0 saturated heterocycles. The van der Waals surface area contributed by atoms with Gasteiger partial charge in [-0.1, -0.05) is 60.7 Å². The van der Waals surface area contributed by atoms with Crippen molar-refractivity contribution < 1.29 is 0 Å². The average molecular weight is 447 g/mol. The SMILES string of the molecule is c1ccc2c(c1)Cc1c-2ccc2c1Cc1ccnc3c1N2c1ccc2c(c1C3)-c1ccccc1C2. The molecule has 1 aromatic heterocycles. The van der Waals surface area contributed by atoms with E-state index in [9.17, 15) is 0 Å². The van der Waals surface area contributed by atoms with Gasteiger partial charge in [0.05, 0.1) is 22.8 Å². The molecule has 9 rings (SSSR count). The molecule has 0 atom stereocenters. The first-order valence-electron chi connectivity index (χ1n) is 12.6. The van der Waals surface area contributed by atoms with E-state index in [4.69, 9.17) is 4.98 Å². The van der Waals surface area contributed by atoms with Crippen LogP contribution in [0.4, 0.5) is 17.1 Å². The van der Waals surface area contributed by atoms with Crippen molar-refractivity contribution in [3.8, 4) is 22.3 Å². The second kappa shape index (κ2) is 6.28. The van der Waals surface area contributed by atoms with Gasteiger partial charge in [0, 0.05) is 19.0 Å². The molecule has 4 aliphatic rings. The summed E-state index contributed by atoms with van der Waals surface area (Å²) in [7, 11) is 0. The Morgan fingerprint density at radius 1 is 0.514 bits per heavy atom. The number of hydrogen-bond donors (Lipinski definition) is 0. The minimum atomic E-state index is 0.901. The Hall–Kier alpha value is -4.17. The quantitative estimate of drug-likeness (QED) is 0.240. The predicted octanol–water partition coefficient (Wildman–Crippen LogP) is 7.50. The molecule has 2 nitrogen and oxygen atoms in total. The van der Waals surface area contributed by atoms with Gasteiger partial charge in [-0.3, -0.25) is 4.98 Å². The zero-order chi connectivity index (χ0) is 22.7. The van der Waals surface area contributed by atoms with Crippen LogP contribution >= 0.6 is 0 Å². The maximum absolute atomic E-state index is 4.93. The lowest BCUT2D eigenvalue weighted by Gasteiger charge is -2.40. The summed E-state index contributed by atoms with van der Waals surface area (Å²) in [5.74, 6) is 0. The number of hydrogen-bond acceptors (Lipinski definition) is 2. The van der Waals surface area contributed by atoms with Crippen molar-refractivity contribution in [3.63, 3.8) is 0 Å². The predicted molar refractivity (Wildman–Crippen MR) is 141 cm³/mol. The number of aromatic nitrogens is 1. The summed E-state index contributed by atoms with van der Waals surface area (Å²) in [5.41, 5.74) is 21.0. The van der Waals surface area contributed by atoms with Crippen LogP contribution in [0.15, 0.2) is 85.1 Å². The summed E-state index contributed by atoms with van der Waals surface area (Å²) >= 11 is 0. The highest BCUT2D eigenvalue weighted by molar-refractivity contribution is 5.95. The van der Waals surface area contributed by atoms with Crippen molar-refractivity contribution in [3.05, 3.63) is 130 Å². The summed E-state index contributed by atoms with van der Waals surface area (Å²) in [4.78, 5) is 7.47. The second-order valence-electron chi connectivity index (χ2n) is 10.3. The van der Waals surface area contributed by atoms with Crippen LogP contribution in [0.3, 0.4) is 0 Å². The summed E-state index contributed by atoms with van der Waals surface area (Å²) in [6.45, 7) is 0. The highest BCUT2D eigenvalue weighted by atomic mass is 15.2. The minimum Gasteiger partial charge on any atom is -0.308 e. The number of fused-ring (bicyclic) bond motifs is 12. The van der Waals surface area contributed by atoms with Gasteiger partial charge in [0.25, 0.3) is 0 Å². The molecule has 2 aliphatic carbocycles. The highest BCUT2D eigenvalue weighted by Crippen LogP contribution is 2.55. The van der Waals surface area contributed by atoms with Gasteiger partial charge in [0.1, 0.15) is 0 Å². The van der Waals surface area contributed by atoms with Gasteiger partial charge >= 0.3 is 0 Å². The third-order valence-corrected chi connectivity index (χ3v) is 8.62. The van der Waals surface area contributed by atoms with Crippen LogP contribution in [0.1, 0.15) is 44.6 Å². The van der Waals surface area contributed by atoms with Crippen molar-refractivity contribution in [1.29, 1.82) is 0 Å². The zero-order valence-corrected chi connectivity index (χ0v) is 19.3. The molecule has 0 spiro atoms. The molecule has 0 fully saturated rings. The van der Waals surface area contributed by atoms with Gasteiger partial charge in [-0.05, 0) is 92.2 Å². The second-order valence-corrected chi connectivity index (χ2v) is 10.3. The molecule has 0 bridgehead atoms. The fraction of sp³-hybridized carbons (Fsp3) is 0.121. The number of anilines is 3. The largest absolute Gasteiger partial charge is 0.308 e. The monoisotopic (exact) mass is 446 g/mol. The van der Waals surface area contributed by atoms with E-state index in [0.29, 0.717) is 0 Å². The first kappa shape index (κ1) is 18.2. The maximum atomic E-state index is 4.93.